The molecule has 5 atom stereocenters. The first-order valence-corrected chi connectivity index (χ1v) is 18.6. The number of hydrogen-bond acceptors (Lipinski definition) is 11. The van der Waals surface area contributed by atoms with Gasteiger partial charge in [0, 0.05) is 46.6 Å². The quantitative estimate of drug-likeness (QED) is 0.102. The Morgan fingerprint density at radius 2 is 1.74 bits per heavy atom. The number of primary amides is 1. The Labute approximate surface area is 319 Å². The highest BCUT2D eigenvalue weighted by molar-refractivity contribution is 5.87. The van der Waals surface area contributed by atoms with Gasteiger partial charge in [0.2, 0.25) is 18.1 Å². The largest absolute Gasteiger partial charge is 0.493 e. The molecule has 1 aliphatic rings. The molecule has 1 fully saturated rings. The third-order valence-corrected chi connectivity index (χ3v) is 10.0. The van der Waals surface area contributed by atoms with Gasteiger partial charge in [-0.25, -0.2) is 14.6 Å². The lowest BCUT2D eigenvalue weighted by Crippen LogP contribution is -2.47. The number of nitrogens with zero attached hydrogens (tertiary/aromatic N) is 3. The molecule has 1 aromatic heterocycles. The Morgan fingerprint density at radius 1 is 1.02 bits per heavy atom. The number of carbonyl (C=O) groups excluding carboxylic acids is 4. The molecule has 1 aromatic carbocycles. The highest BCUT2D eigenvalue weighted by Gasteiger charge is 2.43. The standard InChI is InChI=1S/C39H61N5O10/c1-24(2)28(16-27-12-13-32(50-10)34(17-27)51-15-11-14-49-9)18-30-33(19-29(25(3)4)35(45)42-21-39(6,7)37(40)47)52-23-44(30)38(48)54-26(5)53-36(46)31-20-41-22-43(31)8/h12-13,17,20,22,24-26,28-30,33H,11,14-16,18-19,21,23H2,1-10H3,(H2,40,47)(H,42,45). The Bertz CT molecular complexity index is 1540. The van der Waals surface area contributed by atoms with E-state index in [0.29, 0.717) is 44.0 Å². The molecule has 3 rings (SSSR count). The van der Waals surface area contributed by atoms with E-state index in [0.717, 1.165) is 12.0 Å². The molecule has 302 valence electrons. The Kier molecular flexibility index (Phi) is 16.6. The van der Waals surface area contributed by atoms with Gasteiger partial charge in [0.25, 0.3) is 0 Å². The number of nitrogens with one attached hydrogen (secondary N) is 1. The predicted octanol–water partition coefficient (Wildman–Crippen LogP) is 4.71. The first kappa shape index (κ1) is 44.0. The van der Waals surface area contributed by atoms with Gasteiger partial charge in [-0.3, -0.25) is 14.5 Å². The van der Waals surface area contributed by atoms with Gasteiger partial charge in [-0.05, 0) is 68.6 Å². The van der Waals surface area contributed by atoms with Crippen LogP contribution >= 0.6 is 0 Å². The summed E-state index contributed by atoms with van der Waals surface area (Å²) in [6.07, 6.45) is 2.63. The van der Waals surface area contributed by atoms with Crippen LogP contribution in [0.25, 0.3) is 0 Å². The minimum absolute atomic E-state index is 0.0621. The third kappa shape index (κ3) is 12.3. The van der Waals surface area contributed by atoms with E-state index in [-0.39, 0.29) is 42.6 Å². The molecule has 3 amide bonds. The summed E-state index contributed by atoms with van der Waals surface area (Å²) in [7, 11) is 4.91. The summed E-state index contributed by atoms with van der Waals surface area (Å²) in [5.74, 6) is -0.480. The van der Waals surface area contributed by atoms with Gasteiger partial charge in [0.05, 0.1) is 43.8 Å². The zero-order chi connectivity index (χ0) is 40.2. The molecule has 2 aromatic rings. The fourth-order valence-corrected chi connectivity index (χ4v) is 6.28. The second kappa shape index (κ2) is 20.3. The molecule has 54 heavy (non-hydrogen) atoms. The van der Waals surface area contributed by atoms with Gasteiger partial charge >= 0.3 is 12.1 Å². The van der Waals surface area contributed by atoms with E-state index >= 15 is 0 Å². The zero-order valence-electron chi connectivity index (χ0n) is 33.6. The summed E-state index contributed by atoms with van der Waals surface area (Å²) >= 11 is 0. The SMILES string of the molecule is COCCCOc1cc(CC(CC2C(CC(C(=O)NCC(C)(C)C(N)=O)C(C)C)OCN2C(=O)OC(C)OC(=O)c2cncn2C)C(C)C)ccc1OC. The predicted molar refractivity (Wildman–Crippen MR) is 200 cm³/mol. The lowest BCUT2D eigenvalue weighted by Gasteiger charge is -2.33. The van der Waals surface area contributed by atoms with Crippen LogP contribution in [0.15, 0.2) is 30.7 Å². The van der Waals surface area contributed by atoms with Crippen molar-refractivity contribution in [3.8, 4) is 11.5 Å². The van der Waals surface area contributed by atoms with E-state index in [4.69, 9.17) is 34.2 Å². The molecule has 0 spiro atoms. The molecular formula is C39H61N5O10. The monoisotopic (exact) mass is 759 g/mol. The normalized spacial score (nSPS) is 17.6. The van der Waals surface area contributed by atoms with Gasteiger partial charge in [-0.1, -0.05) is 33.8 Å². The Morgan fingerprint density at radius 3 is 2.33 bits per heavy atom. The van der Waals surface area contributed by atoms with Gasteiger partial charge in [0.15, 0.2) is 11.5 Å². The topological polar surface area (TPSA) is 183 Å². The van der Waals surface area contributed by atoms with Gasteiger partial charge in [-0.15, -0.1) is 0 Å². The number of esters is 1. The second-order valence-electron chi connectivity index (χ2n) is 15.3. The fraction of sp³-hybridized carbons (Fsp3) is 0.667. The van der Waals surface area contributed by atoms with Crippen LogP contribution in [0, 0.1) is 29.1 Å². The maximum atomic E-state index is 13.8. The van der Waals surface area contributed by atoms with Crippen molar-refractivity contribution in [2.24, 2.45) is 41.9 Å². The van der Waals surface area contributed by atoms with Crippen molar-refractivity contribution in [1.29, 1.82) is 0 Å². The van der Waals surface area contributed by atoms with Crippen LogP contribution in [0.5, 0.6) is 11.5 Å². The average molecular weight is 760 g/mol. The molecule has 5 unspecified atom stereocenters. The van der Waals surface area contributed by atoms with Crippen LogP contribution in [-0.4, -0.2) is 97.5 Å². The molecule has 0 bridgehead atoms. The third-order valence-electron chi connectivity index (χ3n) is 10.0. The molecule has 3 N–H and O–H groups in total. The lowest BCUT2D eigenvalue weighted by molar-refractivity contribution is -0.130. The molecule has 15 heteroatoms. The van der Waals surface area contributed by atoms with E-state index in [9.17, 15) is 19.2 Å². The number of rotatable bonds is 21. The maximum Gasteiger partial charge on any atom is 0.415 e. The molecule has 0 saturated carbocycles. The van der Waals surface area contributed by atoms with Crippen LogP contribution in [0.2, 0.25) is 0 Å². The van der Waals surface area contributed by atoms with E-state index < -0.39 is 47.7 Å². The number of aromatic nitrogens is 2. The summed E-state index contributed by atoms with van der Waals surface area (Å²) < 4.78 is 35.6. The smallest absolute Gasteiger partial charge is 0.415 e. The second-order valence-corrected chi connectivity index (χ2v) is 15.3. The first-order valence-electron chi connectivity index (χ1n) is 18.6. The Balaban J connectivity index is 1.87. The number of aryl methyl sites for hydroxylation is 1. The molecule has 0 aliphatic carbocycles. The summed E-state index contributed by atoms with van der Waals surface area (Å²) in [6.45, 7) is 14.1. The summed E-state index contributed by atoms with van der Waals surface area (Å²) in [6, 6.07) is 5.41. The zero-order valence-corrected chi connectivity index (χ0v) is 33.6. The van der Waals surface area contributed by atoms with E-state index in [1.54, 1.807) is 35.1 Å². The number of methoxy groups -OCH3 is 2. The molecule has 1 aliphatic heterocycles. The number of carbonyl (C=O) groups is 4. The molecule has 0 radical (unpaired) electrons. The number of amides is 3. The highest BCUT2D eigenvalue weighted by Crippen LogP contribution is 2.36. The van der Waals surface area contributed by atoms with Gasteiger partial charge in [0.1, 0.15) is 12.4 Å². The fourth-order valence-electron chi connectivity index (χ4n) is 6.28. The number of nitrogens with two attached hydrogens (primary N) is 1. The van der Waals surface area contributed by atoms with Crippen molar-refractivity contribution in [3.63, 3.8) is 0 Å². The minimum Gasteiger partial charge on any atom is -0.493 e. The average Bonchev–Trinajstić information content (AvgIpc) is 3.73. The molecule has 2 heterocycles. The molecular weight excluding hydrogens is 698 g/mol. The Hall–Kier alpha value is -4.37. The van der Waals surface area contributed by atoms with E-state index in [1.807, 2.05) is 32.0 Å². The van der Waals surface area contributed by atoms with Crippen LogP contribution < -0.4 is 20.5 Å². The molecule has 15 nitrogen and oxygen atoms in total. The highest BCUT2D eigenvalue weighted by atomic mass is 16.7. The summed E-state index contributed by atoms with van der Waals surface area (Å²) in [4.78, 5) is 57.5. The summed E-state index contributed by atoms with van der Waals surface area (Å²) in [5.41, 5.74) is 5.86. The van der Waals surface area contributed by atoms with Crippen LogP contribution in [0.1, 0.15) is 83.8 Å². The number of imidazole rings is 1. The van der Waals surface area contributed by atoms with E-state index in [1.165, 1.54) is 28.9 Å². The van der Waals surface area contributed by atoms with Crippen molar-refractivity contribution < 1.29 is 47.6 Å². The maximum absolute atomic E-state index is 13.8. The van der Waals surface area contributed by atoms with Crippen LogP contribution in [-0.2, 0) is 42.0 Å². The van der Waals surface area contributed by atoms with Crippen molar-refractivity contribution >= 4 is 23.9 Å². The lowest BCUT2D eigenvalue weighted by atomic mass is 9.80. The van der Waals surface area contributed by atoms with Gasteiger partial charge < -0.3 is 44.0 Å². The van der Waals surface area contributed by atoms with Crippen molar-refractivity contribution in [2.75, 3.05) is 40.7 Å². The number of hydrogen-bond donors (Lipinski definition) is 2. The minimum atomic E-state index is -1.20. The van der Waals surface area contributed by atoms with Gasteiger partial charge in [-0.2, -0.15) is 0 Å². The van der Waals surface area contributed by atoms with Crippen LogP contribution in [0.4, 0.5) is 4.79 Å². The van der Waals surface area contributed by atoms with Crippen molar-refractivity contribution in [1.82, 2.24) is 19.8 Å². The van der Waals surface area contributed by atoms with Crippen LogP contribution in [0.3, 0.4) is 0 Å². The number of benzene rings is 1. The number of ether oxygens (including phenoxy) is 6. The van der Waals surface area contributed by atoms with Crippen molar-refractivity contribution in [3.05, 3.63) is 42.0 Å². The van der Waals surface area contributed by atoms with Crippen molar-refractivity contribution in [2.45, 2.75) is 92.6 Å². The first-order chi connectivity index (χ1) is 25.5. The summed E-state index contributed by atoms with van der Waals surface area (Å²) in [5, 5.41) is 2.91. The molecule has 1 saturated heterocycles. The van der Waals surface area contributed by atoms with E-state index in [2.05, 4.69) is 24.1 Å².